The van der Waals surface area contributed by atoms with Crippen LogP contribution in [0.1, 0.15) is 25.7 Å². The molecule has 1 heterocycles. The summed E-state index contributed by atoms with van der Waals surface area (Å²) in [6.45, 7) is 1.03. The monoisotopic (exact) mass is 98.1 g/mol. The molecule has 2 aliphatic rings. The molecule has 40 valence electrons. The summed E-state index contributed by atoms with van der Waals surface area (Å²) < 4.78 is 5.35. The SMILES string of the molecule is C1CC2(C1)CCO2. The Morgan fingerprint density at radius 3 is 1.86 bits per heavy atom. The van der Waals surface area contributed by atoms with Gasteiger partial charge in [-0.05, 0) is 25.7 Å². The second-order valence-corrected chi connectivity index (χ2v) is 2.64. The van der Waals surface area contributed by atoms with Crippen LogP contribution in [0.4, 0.5) is 0 Å². The second-order valence-electron chi connectivity index (χ2n) is 2.64. The van der Waals surface area contributed by atoms with Gasteiger partial charge in [0, 0.05) is 0 Å². The molecule has 0 N–H and O–H groups in total. The van der Waals surface area contributed by atoms with Crippen molar-refractivity contribution in [2.45, 2.75) is 31.3 Å². The number of rotatable bonds is 0. The summed E-state index contributed by atoms with van der Waals surface area (Å²) in [5.74, 6) is 0. The maximum Gasteiger partial charge on any atom is 0.0704 e. The zero-order chi connectivity index (χ0) is 4.74. The summed E-state index contributed by atoms with van der Waals surface area (Å²) in [6.07, 6.45) is 5.42. The Kier molecular flexibility index (Phi) is 0.571. The Balaban J connectivity index is 2.00. The third-order valence-corrected chi connectivity index (χ3v) is 2.23. The highest BCUT2D eigenvalue weighted by molar-refractivity contribution is 4.94. The van der Waals surface area contributed by atoms with Crippen LogP contribution in [0.3, 0.4) is 0 Å². The van der Waals surface area contributed by atoms with Gasteiger partial charge in [0.2, 0.25) is 0 Å². The zero-order valence-corrected chi connectivity index (χ0v) is 4.44. The van der Waals surface area contributed by atoms with Crippen molar-refractivity contribution >= 4 is 0 Å². The third kappa shape index (κ3) is 0.367. The molecule has 0 aromatic carbocycles. The van der Waals surface area contributed by atoms with Crippen molar-refractivity contribution in [3.05, 3.63) is 0 Å². The van der Waals surface area contributed by atoms with E-state index in [-0.39, 0.29) is 0 Å². The summed E-state index contributed by atoms with van der Waals surface area (Å²) in [6, 6.07) is 0. The van der Waals surface area contributed by atoms with Crippen LogP contribution in [0, 0.1) is 0 Å². The van der Waals surface area contributed by atoms with Gasteiger partial charge in [-0.15, -0.1) is 0 Å². The topological polar surface area (TPSA) is 9.23 Å². The van der Waals surface area contributed by atoms with E-state index in [4.69, 9.17) is 4.74 Å². The van der Waals surface area contributed by atoms with Gasteiger partial charge in [0.05, 0.1) is 12.2 Å². The molecule has 1 aliphatic carbocycles. The van der Waals surface area contributed by atoms with Crippen LogP contribution < -0.4 is 0 Å². The van der Waals surface area contributed by atoms with Gasteiger partial charge in [-0.3, -0.25) is 0 Å². The molecule has 2 rings (SSSR count). The van der Waals surface area contributed by atoms with Crippen molar-refractivity contribution < 1.29 is 4.74 Å². The van der Waals surface area contributed by atoms with Gasteiger partial charge >= 0.3 is 0 Å². The van der Waals surface area contributed by atoms with Crippen LogP contribution in [-0.2, 0) is 4.74 Å². The molecule has 1 saturated heterocycles. The van der Waals surface area contributed by atoms with E-state index in [0.29, 0.717) is 5.60 Å². The van der Waals surface area contributed by atoms with E-state index in [9.17, 15) is 0 Å². The van der Waals surface area contributed by atoms with Crippen molar-refractivity contribution in [2.75, 3.05) is 6.61 Å². The Bertz CT molecular complexity index is 64.7. The molecular formula is C6H10O. The van der Waals surface area contributed by atoms with Crippen LogP contribution >= 0.6 is 0 Å². The van der Waals surface area contributed by atoms with E-state index in [1.165, 1.54) is 25.7 Å². The largest absolute Gasteiger partial charge is 0.375 e. The first-order valence-corrected chi connectivity index (χ1v) is 3.05. The van der Waals surface area contributed by atoms with Crippen LogP contribution in [-0.4, -0.2) is 12.2 Å². The van der Waals surface area contributed by atoms with E-state index in [0.717, 1.165) is 6.61 Å². The fraction of sp³-hybridized carbons (Fsp3) is 1.00. The Hall–Kier alpha value is -0.0400. The number of ether oxygens (including phenoxy) is 1. The quantitative estimate of drug-likeness (QED) is 0.444. The van der Waals surface area contributed by atoms with Gasteiger partial charge < -0.3 is 4.74 Å². The van der Waals surface area contributed by atoms with Crippen LogP contribution in [0.15, 0.2) is 0 Å². The van der Waals surface area contributed by atoms with Crippen molar-refractivity contribution in [3.63, 3.8) is 0 Å². The molecule has 0 amide bonds. The van der Waals surface area contributed by atoms with Gasteiger partial charge in [0.15, 0.2) is 0 Å². The van der Waals surface area contributed by atoms with Crippen LogP contribution in [0.2, 0.25) is 0 Å². The highest BCUT2D eigenvalue weighted by Gasteiger charge is 2.43. The van der Waals surface area contributed by atoms with Crippen molar-refractivity contribution in [1.82, 2.24) is 0 Å². The smallest absolute Gasteiger partial charge is 0.0704 e. The van der Waals surface area contributed by atoms with E-state index in [2.05, 4.69) is 0 Å². The number of hydrogen-bond acceptors (Lipinski definition) is 1. The van der Waals surface area contributed by atoms with Gasteiger partial charge in [0.1, 0.15) is 0 Å². The molecular weight excluding hydrogens is 88.1 g/mol. The average Bonchev–Trinajstić information content (AvgIpc) is 1.20. The Labute approximate surface area is 43.7 Å². The fourth-order valence-corrected chi connectivity index (χ4v) is 1.36. The minimum atomic E-state index is 0.444. The molecule has 2 fully saturated rings. The first kappa shape index (κ1) is 3.90. The summed E-state index contributed by atoms with van der Waals surface area (Å²) in [4.78, 5) is 0. The fourth-order valence-electron chi connectivity index (χ4n) is 1.36. The molecule has 0 bridgehead atoms. The summed E-state index contributed by atoms with van der Waals surface area (Å²) in [7, 11) is 0. The lowest BCUT2D eigenvalue weighted by molar-refractivity contribution is -0.190. The van der Waals surface area contributed by atoms with Crippen molar-refractivity contribution in [3.8, 4) is 0 Å². The second kappa shape index (κ2) is 1.03. The van der Waals surface area contributed by atoms with Gasteiger partial charge in [-0.1, -0.05) is 0 Å². The molecule has 1 heteroatoms. The highest BCUT2D eigenvalue weighted by atomic mass is 16.5. The number of hydrogen-bond donors (Lipinski definition) is 0. The van der Waals surface area contributed by atoms with Crippen LogP contribution in [0.5, 0.6) is 0 Å². The van der Waals surface area contributed by atoms with Gasteiger partial charge in [0.25, 0.3) is 0 Å². The summed E-state index contributed by atoms with van der Waals surface area (Å²) in [5.41, 5.74) is 0.444. The minimum Gasteiger partial charge on any atom is -0.375 e. The van der Waals surface area contributed by atoms with E-state index in [1.54, 1.807) is 0 Å². The molecule has 1 spiro atoms. The lowest BCUT2D eigenvalue weighted by Crippen LogP contribution is -2.49. The molecule has 1 nitrogen and oxygen atoms in total. The molecule has 0 radical (unpaired) electrons. The standard InChI is InChI=1S/C6H10O/c1-2-6(3-1)4-5-7-6/h1-5H2. The molecule has 7 heavy (non-hydrogen) atoms. The average molecular weight is 98.1 g/mol. The van der Waals surface area contributed by atoms with E-state index in [1.807, 2.05) is 0 Å². The first-order chi connectivity index (χ1) is 3.41. The maximum absolute atomic E-state index is 5.35. The van der Waals surface area contributed by atoms with Gasteiger partial charge in [-0.25, -0.2) is 0 Å². The third-order valence-electron chi connectivity index (χ3n) is 2.23. The molecule has 0 aromatic rings. The van der Waals surface area contributed by atoms with Crippen molar-refractivity contribution in [2.24, 2.45) is 0 Å². The first-order valence-electron chi connectivity index (χ1n) is 3.05. The lowest BCUT2D eigenvalue weighted by atomic mass is 9.75. The summed E-state index contributed by atoms with van der Waals surface area (Å²) >= 11 is 0. The van der Waals surface area contributed by atoms with E-state index < -0.39 is 0 Å². The zero-order valence-electron chi connectivity index (χ0n) is 4.44. The van der Waals surface area contributed by atoms with E-state index >= 15 is 0 Å². The minimum absolute atomic E-state index is 0.444. The lowest BCUT2D eigenvalue weighted by Gasteiger charge is -2.48. The highest BCUT2D eigenvalue weighted by Crippen LogP contribution is 2.44. The predicted molar refractivity (Wildman–Crippen MR) is 27.2 cm³/mol. The summed E-state index contributed by atoms with van der Waals surface area (Å²) in [5, 5.41) is 0. The normalized spacial score (nSPS) is 34.3. The van der Waals surface area contributed by atoms with Gasteiger partial charge in [-0.2, -0.15) is 0 Å². The Morgan fingerprint density at radius 2 is 1.86 bits per heavy atom. The van der Waals surface area contributed by atoms with Crippen molar-refractivity contribution in [1.29, 1.82) is 0 Å². The molecule has 0 aromatic heterocycles. The predicted octanol–water partition coefficient (Wildman–Crippen LogP) is 1.33. The molecule has 0 unspecified atom stereocenters. The van der Waals surface area contributed by atoms with Crippen LogP contribution in [0.25, 0.3) is 0 Å². The Morgan fingerprint density at radius 1 is 1.14 bits per heavy atom. The molecule has 1 aliphatic heterocycles. The molecule has 1 saturated carbocycles. The maximum atomic E-state index is 5.35. The molecule has 0 atom stereocenters.